The zero-order valence-electron chi connectivity index (χ0n) is 15.6. The molecule has 0 aliphatic carbocycles. The van der Waals surface area contributed by atoms with Crippen molar-refractivity contribution in [3.63, 3.8) is 0 Å². The van der Waals surface area contributed by atoms with Crippen LogP contribution in [-0.2, 0) is 4.74 Å². The summed E-state index contributed by atoms with van der Waals surface area (Å²) in [7, 11) is 0. The third-order valence-corrected chi connectivity index (χ3v) is 5.26. The zero-order chi connectivity index (χ0) is 19.6. The Bertz CT molecular complexity index is 1120. The highest BCUT2D eigenvalue weighted by Crippen LogP contribution is 2.28. The molecule has 1 aliphatic heterocycles. The van der Waals surface area contributed by atoms with Crippen molar-refractivity contribution < 1.29 is 4.74 Å². The van der Waals surface area contributed by atoms with Gasteiger partial charge in [-0.3, -0.25) is 9.55 Å². The van der Waals surface area contributed by atoms with Gasteiger partial charge in [0.2, 0.25) is 5.95 Å². The number of nitrogens with one attached hydrogen (secondary N) is 1. The van der Waals surface area contributed by atoms with E-state index in [-0.39, 0.29) is 0 Å². The zero-order valence-corrected chi connectivity index (χ0v) is 16.4. The van der Waals surface area contributed by atoms with E-state index in [1.807, 2.05) is 41.1 Å². The molecule has 7 nitrogen and oxygen atoms in total. The molecule has 4 aromatic rings. The molecule has 0 amide bonds. The molecule has 0 spiro atoms. The summed E-state index contributed by atoms with van der Waals surface area (Å²) in [5.74, 6) is 1.38. The molecule has 1 N–H and O–H groups in total. The minimum Gasteiger partial charge on any atom is -0.381 e. The Kier molecular flexibility index (Phi) is 4.83. The van der Waals surface area contributed by atoms with Crippen LogP contribution in [0.1, 0.15) is 12.8 Å². The van der Waals surface area contributed by atoms with Gasteiger partial charge >= 0.3 is 0 Å². The first-order valence-corrected chi connectivity index (χ1v) is 9.91. The number of pyridine rings is 1. The highest BCUT2D eigenvalue weighted by molar-refractivity contribution is 6.30. The van der Waals surface area contributed by atoms with Crippen LogP contribution in [0.15, 0.2) is 55.1 Å². The van der Waals surface area contributed by atoms with E-state index < -0.39 is 0 Å². The predicted molar refractivity (Wildman–Crippen MR) is 112 cm³/mol. The second-order valence-electron chi connectivity index (χ2n) is 6.94. The molecular weight excluding hydrogens is 388 g/mol. The third kappa shape index (κ3) is 3.66. The fourth-order valence-corrected chi connectivity index (χ4v) is 3.64. The van der Waals surface area contributed by atoms with Crippen LogP contribution in [0.5, 0.6) is 0 Å². The molecule has 1 fully saturated rings. The lowest BCUT2D eigenvalue weighted by atomic mass is 10.1. The highest BCUT2D eigenvalue weighted by atomic mass is 35.5. The first kappa shape index (κ1) is 18.0. The lowest BCUT2D eigenvalue weighted by Crippen LogP contribution is -2.28. The van der Waals surface area contributed by atoms with Crippen molar-refractivity contribution in [1.82, 2.24) is 24.5 Å². The Balaban J connectivity index is 1.52. The van der Waals surface area contributed by atoms with E-state index in [4.69, 9.17) is 21.3 Å². The SMILES string of the molecule is Clc1ccc(-n2c(-c3cnc(NC4CCOCC4)nc3)nc3ccncc32)cc1. The summed E-state index contributed by atoms with van der Waals surface area (Å²) in [6, 6.07) is 9.89. The van der Waals surface area contributed by atoms with Crippen molar-refractivity contribution in [2.45, 2.75) is 18.9 Å². The number of nitrogens with zero attached hydrogens (tertiary/aromatic N) is 5. The summed E-state index contributed by atoms with van der Waals surface area (Å²) in [6.45, 7) is 1.55. The van der Waals surface area contributed by atoms with Gasteiger partial charge in [-0.1, -0.05) is 11.6 Å². The summed E-state index contributed by atoms with van der Waals surface area (Å²) in [5.41, 5.74) is 3.54. The number of ether oxygens (including phenoxy) is 1. The summed E-state index contributed by atoms with van der Waals surface area (Å²) >= 11 is 6.07. The van der Waals surface area contributed by atoms with Gasteiger partial charge in [0.05, 0.1) is 22.8 Å². The largest absolute Gasteiger partial charge is 0.381 e. The molecule has 0 radical (unpaired) electrons. The number of hydrogen-bond donors (Lipinski definition) is 1. The lowest BCUT2D eigenvalue weighted by Gasteiger charge is -2.22. The summed E-state index contributed by atoms with van der Waals surface area (Å²) in [5, 5.41) is 4.07. The molecule has 0 atom stereocenters. The van der Waals surface area contributed by atoms with Gasteiger partial charge in [-0.15, -0.1) is 0 Å². The van der Waals surface area contributed by atoms with E-state index in [1.165, 1.54) is 0 Å². The maximum absolute atomic E-state index is 6.07. The maximum atomic E-state index is 6.07. The molecule has 1 aliphatic rings. The molecule has 3 aromatic heterocycles. The smallest absolute Gasteiger partial charge is 0.222 e. The monoisotopic (exact) mass is 406 g/mol. The van der Waals surface area contributed by atoms with Crippen molar-refractivity contribution in [2.24, 2.45) is 0 Å². The lowest BCUT2D eigenvalue weighted by molar-refractivity contribution is 0.0903. The van der Waals surface area contributed by atoms with Crippen LogP contribution < -0.4 is 5.32 Å². The molecule has 29 heavy (non-hydrogen) atoms. The van der Waals surface area contributed by atoms with Gasteiger partial charge in [0, 0.05) is 48.6 Å². The Hall–Kier alpha value is -3.03. The minimum atomic E-state index is 0.347. The molecule has 8 heteroatoms. The second-order valence-corrected chi connectivity index (χ2v) is 7.37. The summed E-state index contributed by atoms with van der Waals surface area (Å²) in [4.78, 5) is 18.1. The summed E-state index contributed by atoms with van der Waals surface area (Å²) in [6.07, 6.45) is 9.07. The molecule has 0 saturated carbocycles. The topological polar surface area (TPSA) is 77.8 Å². The number of fused-ring (bicyclic) bond motifs is 1. The van der Waals surface area contributed by atoms with Gasteiger partial charge in [-0.05, 0) is 43.2 Å². The van der Waals surface area contributed by atoms with E-state index in [2.05, 4.69) is 20.3 Å². The van der Waals surface area contributed by atoms with Gasteiger partial charge in [0.1, 0.15) is 5.82 Å². The van der Waals surface area contributed by atoms with Gasteiger partial charge < -0.3 is 10.1 Å². The third-order valence-electron chi connectivity index (χ3n) is 5.01. The molecule has 0 bridgehead atoms. The number of aromatic nitrogens is 5. The molecule has 5 rings (SSSR count). The quantitative estimate of drug-likeness (QED) is 0.549. The predicted octanol–water partition coefficient (Wildman–Crippen LogP) is 4.12. The molecule has 4 heterocycles. The van der Waals surface area contributed by atoms with Crippen molar-refractivity contribution in [3.05, 3.63) is 60.1 Å². The van der Waals surface area contributed by atoms with E-state index in [0.717, 1.165) is 54.2 Å². The Morgan fingerprint density at radius 2 is 1.76 bits per heavy atom. The second kappa shape index (κ2) is 7.77. The fourth-order valence-electron chi connectivity index (χ4n) is 3.51. The highest BCUT2D eigenvalue weighted by Gasteiger charge is 2.17. The van der Waals surface area contributed by atoms with Crippen LogP contribution in [0.3, 0.4) is 0 Å². The number of rotatable bonds is 4. The van der Waals surface area contributed by atoms with Crippen molar-refractivity contribution in [2.75, 3.05) is 18.5 Å². The van der Waals surface area contributed by atoms with Gasteiger partial charge in [-0.2, -0.15) is 0 Å². The Labute approximate surface area is 172 Å². The molecule has 1 saturated heterocycles. The Morgan fingerprint density at radius 1 is 1.00 bits per heavy atom. The van der Waals surface area contributed by atoms with E-state index in [1.54, 1.807) is 18.6 Å². The number of halogens is 1. The van der Waals surface area contributed by atoms with Crippen LogP contribution in [0.25, 0.3) is 28.1 Å². The van der Waals surface area contributed by atoms with Crippen LogP contribution in [0.4, 0.5) is 5.95 Å². The molecule has 0 unspecified atom stereocenters. The molecule has 146 valence electrons. The van der Waals surface area contributed by atoms with Crippen molar-refractivity contribution in [1.29, 1.82) is 0 Å². The van der Waals surface area contributed by atoms with Crippen LogP contribution >= 0.6 is 11.6 Å². The number of hydrogen-bond acceptors (Lipinski definition) is 6. The van der Waals surface area contributed by atoms with Crippen molar-refractivity contribution in [3.8, 4) is 17.1 Å². The Morgan fingerprint density at radius 3 is 2.52 bits per heavy atom. The first-order chi connectivity index (χ1) is 14.3. The van der Waals surface area contributed by atoms with Gasteiger partial charge in [0.15, 0.2) is 0 Å². The van der Waals surface area contributed by atoms with Gasteiger partial charge in [-0.25, -0.2) is 15.0 Å². The molecular formula is C21H19ClN6O. The van der Waals surface area contributed by atoms with Crippen LogP contribution in [-0.4, -0.2) is 43.8 Å². The summed E-state index contributed by atoms with van der Waals surface area (Å²) < 4.78 is 7.45. The van der Waals surface area contributed by atoms with Crippen LogP contribution in [0, 0.1) is 0 Å². The fraction of sp³-hybridized carbons (Fsp3) is 0.238. The first-order valence-electron chi connectivity index (χ1n) is 9.53. The average molecular weight is 407 g/mol. The number of anilines is 1. The van der Waals surface area contributed by atoms with Crippen molar-refractivity contribution >= 4 is 28.6 Å². The van der Waals surface area contributed by atoms with E-state index in [9.17, 15) is 0 Å². The van der Waals surface area contributed by atoms with E-state index >= 15 is 0 Å². The van der Waals surface area contributed by atoms with E-state index in [0.29, 0.717) is 17.0 Å². The molecule has 1 aromatic carbocycles. The standard InChI is InChI=1S/C21H19ClN6O/c22-15-1-3-17(4-2-15)28-19-13-23-8-5-18(19)27-20(28)14-11-24-21(25-12-14)26-16-6-9-29-10-7-16/h1-5,8,11-13,16H,6-7,9-10H2,(H,24,25,26). The van der Waals surface area contributed by atoms with Crippen LogP contribution in [0.2, 0.25) is 5.02 Å². The number of imidazole rings is 1. The normalized spacial score (nSPS) is 14.9. The minimum absolute atomic E-state index is 0.347. The number of benzene rings is 1. The van der Waals surface area contributed by atoms with Gasteiger partial charge in [0.25, 0.3) is 0 Å². The average Bonchev–Trinajstić information content (AvgIpc) is 3.15. The maximum Gasteiger partial charge on any atom is 0.222 e.